The van der Waals surface area contributed by atoms with Gasteiger partial charge in [-0.25, -0.2) is 21.9 Å². The molecule has 1 heterocycles. The maximum atomic E-state index is 14.1. The van der Waals surface area contributed by atoms with Crippen molar-refractivity contribution in [1.29, 1.82) is 0 Å². The molecule has 1 atom stereocenters. The monoisotopic (exact) mass is 604 g/mol. The molecule has 0 aromatic heterocycles. The number of likely N-dealkylation sites (N-methyl/N-ethyl adjacent to an activating group) is 1. The Balaban J connectivity index is 1.48. The fourth-order valence-electron chi connectivity index (χ4n) is 6.05. The van der Waals surface area contributed by atoms with Gasteiger partial charge in [0.1, 0.15) is 12.4 Å². The van der Waals surface area contributed by atoms with Crippen LogP contribution in [0.3, 0.4) is 0 Å². The third-order valence-corrected chi connectivity index (χ3v) is 11.4. The van der Waals surface area contributed by atoms with Gasteiger partial charge in [0.25, 0.3) is 0 Å². The summed E-state index contributed by atoms with van der Waals surface area (Å²) < 4.78 is 62.8. The number of rotatable bonds is 10. The van der Waals surface area contributed by atoms with Gasteiger partial charge in [0.05, 0.1) is 20.9 Å². The average Bonchev–Trinajstić information content (AvgIpc) is 3.66. The Morgan fingerprint density at radius 2 is 1.88 bits per heavy atom. The van der Waals surface area contributed by atoms with Gasteiger partial charge in [-0.3, -0.25) is 4.79 Å². The molecule has 4 aliphatic rings. The van der Waals surface area contributed by atoms with Crippen molar-refractivity contribution in [2.24, 2.45) is 10.8 Å². The standard InChI is InChI=1S/C29H40F4N2O3S2/c1-27(2,26(36)37)17-38-22-13-23-21(12-24(22)39-20-14-28(15-20)10-11-28)35(18-6-8-29(32,33)9-7-18)16-19(34(3)40-23)4-5-25(30)31/h12-13,18-20,25H,4-11,14-17H2,1-3H3,(H,36,37)/t19-/m1/s1. The highest BCUT2D eigenvalue weighted by Crippen LogP contribution is 2.65. The van der Waals surface area contributed by atoms with E-state index in [1.165, 1.54) is 24.8 Å². The van der Waals surface area contributed by atoms with Crippen LogP contribution in [0, 0.1) is 10.8 Å². The minimum absolute atomic E-state index is 0.00221. The van der Waals surface area contributed by atoms with Crippen LogP contribution in [0.2, 0.25) is 0 Å². The lowest BCUT2D eigenvalue weighted by atomic mass is 9.81. The zero-order chi connectivity index (χ0) is 28.9. The number of fused-ring (bicyclic) bond motifs is 1. The maximum Gasteiger partial charge on any atom is 0.312 e. The molecule has 3 aliphatic carbocycles. The number of aliphatic carboxylic acids is 1. The van der Waals surface area contributed by atoms with Crippen molar-refractivity contribution in [1.82, 2.24) is 4.31 Å². The number of hydrogen-bond donors (Lipinski definition) is 1. The first-order chi connectivity index (χ1) is 18.8. The molecule has 11 heteroatoms. The molecule has 3 fully saturated rings. The predicted octanol–water partition coefficient (Wildman–Crippen LogP) is 7.96. The molecule has 1 N–H and O–H groups in total. The second-order valence-electron chi connectivity index (χ2n) is 12.9. The highest BCUT2D eigenvalue weighted by molar-refractivity contribution is 8.00. The number of thioether (sulfide) groups is 1. The fourth-order valence-corrected chi connectivity index (χ4v) is 8.76. The number of anilines is 1. The van der Waals surface area contributed by atoms with Crippen molar-refractivity contribution >= 4 is 35.4 Å². The molecular formula is C29H40F4N2O3S2. The van der Waals surface area contributed by atoms with Gasteiger partial charge in [0.15, 0.2) is 0 Å². The minimum Gasteiger partial charge on any atom is -0.491 e. The number of carboxylic acid groups (broad SMARTS) is 1. The second-order valence-corrected chi connectivity index (χ2v) is 15.4. The molecule has 0 radical (unpaired) electrons. The molecule has 224 valence electrons. The summed E-state index contributed by atoms with van der Waals surface area (Å²) in [5.41, 5.74) is 0.373. The molecule has 0 saturated heterocycles. The van der Waals surface area contributed by atoms with E-state index in [2.05, 4.69) is 11.0 Å². The number of carboxylic acids is 1. The van der Waals surface area contributed by atoms with Gasteiger partial charge in [0, 0.05) is 43.1 Å². The number of hydrogen-bond acceptors (Lipinski definition) is 6. The predicted molar refractivity (Wildman–Crippen MR) is 151 cm³/mol. The van der Waals surface area contributed by atoms with Gasteiger partial charge in [0.2, 0.25) is 12.3 Å². The van der Waals surface area contributed by atoms with Crippen LogP contribution in [-0.2, 0) is 4.79 Å². The SMILES string of the molecule is CN1Sc2cc(OCC(C)(C)C(=O)O)c(SC3CC4(CC4)C3)cc2N(C2CCC(F)(F)CC2)C[C@H]1CCC(F)F. The zero-order valence-corrected chi connectivity index (χ0v) is 25.1. The fraction of sp³-hybridized carbons (Fsp3) is 0.759. The summed E-state index contributed by atoms with van der Waals surface area (Å²) in [6.45, 7) is 3.75. The number of alkyl halides is 4. The molecule has 40 heavy (non-hydrogen) atoms. The van der Waals surface area contributed by atoms with Crippen LogP contribution in [0.5, 0.6) is 5.75 Å². The number of benzene rings is 1. The molecule has 0 unspecified atom stereocenters. The van der Waals surface area contributed by atoms with Crippen molar-refractivity contribution in [2.75, 3.05) is 25.1 Å². The Labute approximate surface area is 242 Å². The molecular weight excluding hydrogens is 564 g/mol. The third kappa shape index (κ3) is 6.83. The molecule has 5 nitrogen and oxygen atoms in total. The maximum absolute atomic E-state index is 14.1. The van der Waals surface area contributed by atoms with Crippen LogP contribution in [0.15, 0.2) is 21.9 Å². The molecule has 5 rings (SSSR count). The first-order valence-corrected chi connectivity index (χ1v) is 16.0. The summed E-state index contributed by atoms with van der Waals surface area (Å²) in [6.07, 6.45) is 2.91. The zero-order valence-electron chi connectivity index (χ0n) is 23.4. The van der Waals surface area contributed by atoms with Crippen molar-refractivity contribution in [3.63, 3.8) is 0 Å². The first kappa shape index (κ1) is 30.1. The summed E-state index contributed by atoms with van der Waals surface area (Å²) in [4.78, 5) is 15.8. The van der Waals surface area contributed by atoms with Crippen LogP contribution >= 0.6 is 23.7 Å². The smallest absolute Gasteiger partial charge is 0.312 e. The van der Waals surface area contributed by atoms with E-state index < -0.39 is 23.7 Å². The van der Waals surface area contributed by atoms with E-state index in [0.29, 0.717) is 42.2 Å². The van der Waals surface area contributed by atoms with Crippen LogP contribution < -0.4 is 9.64 Å². The lowest BCUT2D eigenvalue weighted by Crippen LogP contribution is -2.46. The Kier molecular flexibility index (Phi) is 8.59. The van der Waals surface area contributed by atoms with Gasteiger partial charge >= 0.3 is 5.97 Å². The highest BCUT2D eigenvalue weighted by Gasteiger charge is 2.53. The summed E-state index contributed by atoms with van der Waals surface area (Å²) in [5.74, 6) is -2.98. The summed E-state index contributed by atoms with van der Waals surface area (Å²) in [7, 11) is 1.89. The Morgan fingerprint density at radius 1 is 1.20 bits per heavy atom. The quantitative estimate of drug-likeness (QED) is 0.215. The summed E-state index contributed by atoms with van der Waals surface area (Å²) in [6, 6.07) is 3.75. The summed E-state index contributed by atoms with van der Waals surface area (Å²) >= 11 is 3.22. The lowest BCUT2D eigenvalue weighted by molar-refractivity contribution is -0.148. The van der Waals surface area contributed by atoms with Crippen molar-refractivity contribution < 1.29 is 32.2 Å². The third-order valence-electron chi connectivity index (χ3n) is 9.08. The lowest BCUT2D eigenvalue weighted by Gasteiger charge is -2.40. The van der Waals surface area contributed by atoms with Crippen LogP contribution in [-0.4, -0.2) is 65.3 Å². The van der Waals surface area contributed by atoms with E-state index in [1.807, 2.05) is 17.4 Å². The number of halogens is 4. The van der Waals surface area contributed by atoms with Crippen molar-refractivity contribution in [2.45, 2.75) is 118 Å². The highest BCUT2D eigenvalue weighted by atomic mass is 32.2. The molecule has 1 aliphatic heterocycles. The van der Waals surface area contributed by atoms with Gasteiger partial charge in [-0.2, -0.15) is 0 Å². The first-order valence-electron chi connectivity index (χ1n) is 14.3. The van der Waals surface area contributed by atoms with E-state index in [9.17, 15) is 27.5 Å². The topological polar surface area (TPSA) is 53.0 Å². The molecule has 0 bridgehead atoms. The summed E-state index contributed by atoms with van der Waals surface area (Å²) in [5, 5.41) is 10.1. The molecule has 3 saturated carbocycles. The average molecular weight is 605 g/mol. The van der Waals surface area contributed by atoms with Crippen molar-refractivity contribution in [3.8, 4) is 5.75 Å². The number of nitrogens with zero attached hydrogens (tertiary/aromatic N) is 2. The van der Waals surface area contributed by atoms with E-state index in [-0.39, 0.29) is 38.0 Å². The molecule has 1 spiro atoms. The van der Waals surface area contributed by atoms with Gasteiger partial charge in [-0.05, 0) is 95.3 Å². The van der Waals surface area contributed by atoms with Crippen LogP contribution in [0.4, 0.5) is 23.2 Å². The van der Waals surface area contributed by atoms with Gasteiger partial charge in [-0.1, -0.05) is 0 Å². The van der Waals surface area contributed by atoms with Crippen LogP contribution in [0.1, 0.15) is 78.1 Å². The Bertz CT molecular complexity index is 1080. The molecule has 0 amide bonds. The largest absolute Gasteiger partial charge is 0.491 e. The number of ether oxygens (including phenoxy) is 1. The van der Waals surface area contributed by atoms with Gasteiger partial charge < -0.3 is 14.7 Å². The van der Waals surface area contributed by atoms with Crippen molar-refractivity contribution in [3.05, 3.63) is 12.1 Å². The molecule has 1 aromatic carbocycles. The van der Waals surface area contributed by atoms with Crippen LogP contribution in [0.25, 0.3) is 0 Å². The Morgan fingerprint density at radius 3 is 2.48 bits per heavy atom. The number of carbonyl (C=O) groups is 1. The normalized spacial score (nSPS) is 25.0. The minimum atomic E-state index is -2.66. The van der Waals surface area contributed by atoms with E-state index >= 15 is 0 Å². The Hall–Kier alpha value is -1.33. The second kappa shape index (κ2) is 11.4. The van der Waals surface area contributed by atoms with E-state index in [1.54, 1.807) is 25.6 Å². The van der Waals surface area contributed by atoms with E-state index in [0.717, 1.165) is 28.3 Å². The molecule has 1 aromatic rings. The van der Waals surface area contributed by atoms with E-state index in [4.69, 9.17) is 4.74 Å². The van der Waals surface area contributed by atoms with Gasteiger partial charge in [-0.15, -0.1) is 11.8 Å².